The first-order valence-electron chi connectivity index (χ1n) is 9.32. The van der Waals surface area contributed by atoms with Crippen molar-refractivity contribution in [2.75, 3.05) is 0 Å². The van der Waals surface area contributed by atoms with Crippen LogP contribution < -0.4 is 5.32 Å². The Labute approximate surface area is 186 Å². The molecule has 3 aromatic rings. The van der Waals surface area contributed by atoms with Crippen molar-refractivity contribution in [2.24, 2.45) is 0 Å². The van der Waals surface area contributed by atoms with Crippen LogP contribution >= 0.6 is 11.3 Å². The maximum atomic E-state index is 14.0. The number of nitrogens with zero attached hydrogens (tertiary/aromatic N) is 2. The van der Waals surface area contributed by atoms with E-state index in [2.05, 4.69) is 4.98 Å². The Morgan fingerprint density at radius 3 is 2.15 bits per heavy atom. The molecule has 1 aromatic heterocycles. The minimum absolute atomic E-state index is 0.115. The number of carbonyl (C=O) groups is 2. The molecule has 0 radical (unpaired) electrons. The molecule has 5 nitrogen and oxygen atoms in total. The van der Waals surface area contributed by atoms with Gasteiger partial charge in [0.1, 0.15) is 5.01 Å². The Morgan fingerprint density at radius 2 is 1.58 bits per heavy atom. The third-order valence-corrected chi connectivity index (χ3v) is 6.01. The second-order valence-electron chi connectivity index (χ2n) is 7.15. The summed E-state index contributed by atoms with van der Waals surface area (Å²) in [5, 5.41) is 3.49. The maximum absolute atomic E-state index is 14.0. The Kier molecular flexibility index (Phi) is 5.43. The minimum Gasteiger partial charge on any atom is -0.312 e. The number of nitrogens with one attached hydrogen (secondary N) is 1. The summed E-state index contributed by atoms with van der Waals surface area (Å²) < 4.78 is 80.3. The van der Waals surface area contributed by atoms with Gasteiger partial charge in [-0.3, -0.25) is 9.69 Å². The number of rotatable bonds is 4. The molecule has 1 aliphatic rings. The molecule has 3 amide bonds. The number of benzene rings is 2. The molecule has 2 heterocycles. The van der Waals surface area contributed by atoms with Crippen molar-refractivity contribution < 1.29 is 35.9 Å². The summed E-state index contributed by atoms with van der Waals surface area (Å²) in [6.07, 6.45) is -9.61. The largest absolute Gasteiger partial charge is 0.425 e. The quantitative estimate of drug-likeness (QED) is 0.401. The molecular weight excluding hydrogens is 472 g/mol. The molecule has 1 fully saturated rings. The van der Waals surface area contributed by atoms with Gasteiger partial charge in [-0.2, -0.15) is 26.3 Å². The number of urea groups is 1. The van der Waals surface area contributed by atoms with Crippen LogP contribution in [0.1, 0.15) is 16.8 Å². The van der Waals surface area contributed by atoms with Gasteiger partial charge in [0.25, 0.3) is 5.91 Å². The second kappa shape index (κ2) is 7.87. The molecule has 1 saturated heterocycles. The molecule has 4 rings (SSSR count). The number of halogens is 6. The first kappa shape index (κ1) is 22.8. The monoisotopic (exact) mass is 485 g/mol. The van der Waals surface area contributed by atoms with E-state index >= 15 is 0 Å². The summed E-state index contributed by atoms with van der Waals surface area (Å²) in [4.78, 5) is 29.9. The lowest BCUT2D eigenvalue weighted by Crippen LogP contribution is -2.55. The third-order valence-electron chi connectivity index (χ3n) is 5.07. The predicted octanol–water partition coefficient (Wildman–Crippen LogP) is 5.34. The third kappa shape index (κ3) is 3.94. The van der Waals surface area contributed by atoms with Crippen molar-refractivity contribution >= 4 is 23.3 Å². The van der Waals surface area contributed by atoms with E-state index in [1.54, 1.807) is 5.32 Å². The zero-order valence-corrected chi connectivity index (χ0v) is 17.2. The molecule has 0 spiro atoms. The number of thiazole rings is 1. The minimum atomic E-state index is -5.11. The molecule has 33 heavy (non-hydrogen) atoms. The topological polar surface area (TPSA) is 62.3 Å². The van der Waals surface area contributed by atoms with Crippen LogP contribution in [-0.4, -0.2) is 28.0 Å². The molecule has 1 N–H and O–H groups in total. The van der Waals surface area contributed by atoms with Crippen molar-refractivity contribution in [1.29, 1.82) is 0 Å². The summed E-state index contributed by atoms with van der Waals surface area (Å²) in [6, 6.07) is 9.27. The van der Waals surface area contributed by atoms with Crippen LogP contribution in [0.2, 0.25) is 0 Å². The van der Waals surface area contributed by atoms with Crippen molar-refractivity contribution in [3.8, 4) is 10.6 Å². The van der Waals surface area contributed by atoms with Crippen molar-refractivity contribution in [1.82, 2.24) is 15.2 Å². The average Bonchev–Trinajstić information content (AvgIpc) is 3.32. The highest BCUT2D eigenvalue weighted by Crippen LogP contribution is 2.44. The van der Waals surface area contributed by atoms with Crippen molar-refractivity contribution in [2.45, 2.75) is 24.4 Å². The number of imide groups is 1. The molecule has 2 aromatic carbocycles. The van der Waals surface area contributed by atoms with Gasteiger partial charge in [-0.25, -0.2) is 9.78 Å². The zero-order chi connectivity index (χ0) is 24.0. The highest BCUT2D eigenvalue weighted by Gasteiger charge is 2.68. The summed E-state index contributed by atoms with van der Waals surface area (Å²) in [6.45, 7) is -0.535. The van der Waals surface area contributed by atoms with Gasteiger partial charge in [0.15, 0.2) is 0 Å². The van der Waals surface area contributed by atoms with E-state index < -0.39 is 47.5 Å². The van der Waals surface area contributed by atoms with Gasteiger partial charge in [-0.1, -0.05) is 42.5 Å². The lowest BCUT2D eigenvalue weighted by Gasteiger charge is -2.29. The Bertz CT molecular complexity index is 1190. The first-order valence-corrected chi connectivity index (χ1v) is 10.2. The average molecular weight is 485 g/mol. The van der Waals surface area contributed by atoms with Crippen LogP contribution in [0, 0.1) is 0 Å². The number of hydrogen-bond donors (Lipinski definition) is 1. The lowest BCUT2D eigenvalue weighted by molar-refractivity contribution is -0.198. The molecule has 0 aliphatic carbocycles. The van der Waals surface area contributed by atoms with Crippen LogP contribution in [0.5, 0.6) is 0 Å². The fourth-order valence-corrected chi connectivity index (χ4v) is 4.25. The van der Waals surface area contributed by atoms with Crippen LogP contribution in [-0.2, 0) is 23.1 Å². The number of aromatic nitrogens is 1. The molecular formula is C21H13F6N3O2S. The van der Waals surface area contributed by atoms with Crippen LogP contribution in [0.3, 0.4) is 0 Å². The Balaban J connectivity index is 1.60. The van der Waals surface area contributed by atoms with Crippen molar-refractivity contribution in [3.05, 3.63) is 76.8 Å². The van der Waals surface area contributed by atoms with E-state index in [1.807, 2.05) is 0 Å². The summed E-state index contributed by atoms with van der Waals surface area (Å²) in [7, 11) is 0. The van der Waals surface area contributed by atoms with E-state index in [1.165, 1.54) is 35.7 Å². The summed E-state index contributed by atoms with van der Waals surface area (Å²) in [5.74, 6) is -1.49. The van der Waals surface area contributed by atoms with E-state index in [9.17, 15) is 35.9 Å². The molecule has 1 aliphatic heterocycles. The van der Waals surface area contributed by atoms with Gasteiger partial charge < -0.3 is 5.32 Å². The van der Waals surface area contributed by atoms with Gasteiger partial charge in [0.05, 0.1) is 17.8 Å². The van der Waals surface area contributed by atoms with Gasteiger partial charge >= 0.3 is 18.4 Å². The highest BCUT2D eigenvalue weighted by molar-refractivity contribution is 7.13. The number of carbonyl (C=O) groups excluding carboxylic acids is 2. The molecule has 172 valence electrons. The summed E-state index contributed by atoms with van der Waals surface area (Å²) in [5.41, 5.74) is -4.03. The SMILES string of the molecule is O=C1NC(c2ccccc2)(C(F)(F)F)C(=O)N1Cc1csc(-c2ccc(C(F)(F)F)cc2)n1. The lowest BCUT2D eigenvalue weighted by atomic mass is 9.89. The van der Waals surface area contributed by atoms with Gasteiger partial charge in [-0.05, 0) is 17.7 Å². The van der Waals surface area contributed by atoms with Crippen LogP contribution in [0.4, 0.5) is 31.1 Å². The van der Waals surface area contributed by atoms with Gasteiger partial charge in [-0.15, -0.1) is 11.3 Å². The van der Waals surface area contributed by atoms with Gasteiger partial charge in [0.2, 0.25) is 5.54 Å². The fourth-order valence-electron chi connectivity index (χ4n) is 3.44. The van der Waals surface area contributed by atoms with Gasteiger partial charge in [0, 0.05) is 10.9 Å². The van der Waals surface area contributed by atoms with E-state index in [4.69, 9.17) is 0 Å². The zero-order valence-electron chi connectivity index (χ0n) is 16.4. The predicted molar refractivity (Wildman–Crippen MR) is 106 cm³/mol. The van der Waals surface area contributed by atoms with Crippen molar-refractivity contribution in [3.63, 3.8) is 0 Å². The van der Waals surface area contributed by atoms with E-state index in [0.717, 1.165) is 35.6 Å². The number of alkyl halides is 6. The molecule has 0 saturated carbocycles. The number of amides is 3. The standard InChI is InChI=1S/C21H13F6N3O2S/c22-20(23,24)14-8-6-12(7-9-14)16-28-15(11-33-16)10-30-17(31)19(21(25,26)27,29-18(30)32)13-4-2-1-3-5-13/h1-9,11H,10H2,(H,29,32). The Hall–Kier alpha value is -3.41. The fraction of sp³-hybridized carbons (Fsp3) is 0.190. The number of hydrogen-bond acceptors (Lipinski definition) is 4. The smallest absolute Gasteiger partial charge is 0.312 e. The van der Waals surface area contributed by atoms with Crippen LogP contribution in [0.25, 0.3) is 10.6 Å². The first-order chi connectivity index (χ1) is 15.4. The van der Waals surface area contributed by atoms with Crippen LogP contribution in [0.15, 0.2) is 60.0 Å². The van der Waals surface area contributed by atoms with E-state index in [0.29, 0.717) is 10.5 Å². The molecule has 12 heteroatoms. The van der Waals surface area contributed by atoms with E-state index in [-0.39, 0.29) is 10.7 Å². The summed E-state index contributed by atoms with van der Waals surface area (Å²) >= 11 is 1.02. The maximum Gasteiger partial charge on any atom is 0.425 e. The highest BCUT2D eigenvalue weighted by atomic mass is 32.1. The molecule has 0 bridgehead atoms. The normalized spacial score (nSPS) is 19.2. The molecule has 1 unspecified atom stereocenters. The Morgan fingerprint density at radius 1 is 0.939 bits per heavy atom. The second-order valence-corrected chi connectivity index (χ2v) is 8.01. The molecule has 1 atom stereocenters.